The first-order valence-corrected chi connectivity index (χ1v) is 9.88. The van der Waals surface area contributed by atoms with Gasteiger partial charge in [-0.2, -0.15) is 0 Å². The van der Waals surface area contributed by atoms with Gasteiger partial charge in [0.15, 0.2) is 17.9 Å². The van der Waals surface area contributed by atoms with Crippen molar-refractivity contribution in [2.45, 2.75) is 33.6 Å². The monoisotopic (exact) mass is 403 g/mol. The number of hydrogen-bond donors (Lipinski definition) is 0. The number of benzene rings is 1. The minimum atomic E-state index is -0.474. The zero-order chi connectivity index (χ0) is 21.4. The number of rotatable bonds is 4. The van der Waals surface area contributed by atoms with E-state index in [2.05, 4.69) is 26.5 Å². The molecular weight excluding hydrogens is 373 g/mol. The van der Waals surface area contributed by atoms with E-state index in [1.54, 1.807) is 20.4 Å². The largest absolute Gasteiger partial charge is 0.451 e. The second kappa shape index (κ2) is 10.3. The molecule has 0 N–H and O–H groups in total. The number of hydrogen-bond acceptors (Lipinski definition) is 6. The van der Waals surface area contributed by atoms with Crippen LogP contribution < -0.4 is 9.64 Å². The topological polar surface area (TPSA) is 64.5 Å². The van der Waals surface area contributed by atoms with E-state index in [-0.39, 0.29) is 5.56 Å². The lowest BCUT2D eigenvalue weighted by atomic mass is 9.58. The summed E-state index contributed by atoms with van der Waals surface area (Å²) in [5, 5.41) is 0. The highest BCUT2D eigenvalue weighted by Crippen LogP contribution is 2.53. The van der Waals surface area contributed by atoms with Crippen LogP contribution in [0.1, 0.15) is 44.0 Å². The highest BCUT2D eigenvalue weighted by atomic mass is 19.1. The highest BCUT2D eigenvalue weighted by Gasteiger charge is 2.51. The normalized spacial score (nSPS) is 16.4. The van der Waals surface area contributed by atoms with Crippen LogP contribution in [0.5, 0.6) is 11.5 Å². The molecule has 2 aromatic rings. The van der Waals surface area contributed by atoms with Gasteiger partial charge in [0, 0.05) is 32.7 Å². The Bertz CT molecular complexity index is 802. The lowest BCUT2D eigenvalue weighted by Gasteiger charge is -2.59. The third-order valence-electron chi connectivity index (χ3n) is 4.89. The molecule has 1 spiro atoms. The van der Waals surface area contributed by atoms with Crippen molar-refractivity contribution in [2.75, 3.05) is 32.2 Å². The summed E-state index contributed by atoms with van der Waals surface area (Å²) in [5.41, 5.74) is 0.601. The Morgan fingerprint density at radius 1 is 1.21 bits per heavy atom. The first-order chi connectivity index (χ1) is 14.0. The molecule has 6 nitrogen and oxygen atoms in total. The number of ether oxygens (including phenoxy) is 2. The number of aromatic nitrogens is 2. The second-order valence-electron chi connectivity index (χ2n) is 7.39. The van der Waals surface area contributed by atoms with Gasteiger partial charge in [0.05, 0.1) is 11.8 Å². The standard InChI is InChI=1S/C18H18FN3O2.C2H6O.C2H6/c1-12-5-18(6-12)9-22(10-18)17-16(7-20-11-21-17)24-15-3-2-14(19)4-13(15)8-23;1-3-2;1-2/h2-4,7-8,11-12H,5-6,9-10H2,1H3;1-2H3;1-2H3. The zero-order valence-electron chi connectivity index (χ0n) is 17.8. The molecule has 1 aliphatic carbocycles. The summed E-state index contributed by atoms with van der Waals surface area (Å²) in [7, 11) is 3.25. The molecule has 1 aliphatic heterocycles. The van der Waals surface area contributed by atoms with Crippen LogP contribution in [0.25, 0.3) is 0 Å². The number of carbonyl (C=O) groups excluding carboxylic acids is 1. The highest BCUT2D eigenvalue weighted by molar-refractivity contribution is 5.79. The molecule has 29 heavy (non-hydrogen) atoms. The van der Waals surface area contributed by atoms with Crippen LogP contribution in [0.2, 0.25) is 0 Å². The predicted octanol–water partition coefficient (Wildman–Crippen LogP) is 4.75. The van der Waals surface area contributed by atoms with Crippen LogP contribution in [0, 0.1) is 17.2 Å². The first kappa shape index (κ1) is 22.7. The Morgan fingerprint density at radius 2 is 1.86 bits per heavy atom. The van der Waals surface area contributed by atoms with Gasteiger partial charge >= 0.3 is 0 Å². The van der Waals surface area contributed by atoms with Gasteiger partial charge < -0.3 is 14.4 Å². The van der Waals surface area contributed by atoms with E-state index in [9.17, 15) is 9.18 Å². The van der Waals surface area contributed by atoms with Gasteiger partial charge in [-0.25, -0.2) is 14.4 Å². The molecule has 0 unspecified atom stereocenters. The van der Waals surface area contributed by atoms with Crippen molar-refractivity contribution in [3.8, 4) is 11.5 Å². The predicted molar refractivity (Wildman–Crippen MR) is 111 cm³/mol. The summed E-state index contributed by atoms with van der Waals surface area (Å²) in [6, 6.07) is 3.86. The van der Waals surface area contributed by atoms with Gasteiger partial charge in [-0.05, 0) is 37.0 Å². The SMILES string of the molecule is CC.CC1CC2(C1)CN(c1ncncc1Oc1ccc(F)cc1C=O)C2.COC. The Labute approximate surface area is 172 Å². The Balaban J connectivity index is 0.000000551. The number of methoxy groups -OCH3 is 1. The number of aldehydes is 1. The molecule has 0 amide bonds. The maximum Gasteiger partial charge on any atom is 0.188 e. The molecule has 1 saturated heterocycles. The summed E-state index contributed by atoms with van der Waals surface area (Å²) < 4.78 is 23.3. The number of anilines is 1. The van der Waals surface area contributed by atoms with Gasteiger partial charge in [0.25, 0.3) is 0 Å². The summed E-state index contributed by atoms with van der Waals surface area (Å²) in [6.45, 7) is 8.21. The molecule has 4 rings (SSSR count). The van der Waals surface area contributed by atoms with Crippen molar-refractivity contribution in [1.29, 1.82) is 0 Å². The molecule has 2 aliphatic rings. The number of nitrogens with zero attached hydrogens (tertiary/aromatic N) is 3. The minimum Gasteiger partial charge on any atom is -0.451 e. The molecule has 2 fully saturated rings. The van der Waals surface area contributed by atoms with Crippen LogP contribution in [-0.4, -0.2) is 43.6 Å². The van der Waals surface area contributed by atoms with Crippen LogP contribution in [0.15, 0.2) is 30.7 Å². The van der Waals surface area contributed by atoms with Crippen molar-refractivity contribution >= 4 is 12.1 Å². The molecule has 1 aromatic carbocycles. The molecule has 0 atom stereocenters. The maximum atomic E-state index is 13.3. The molecule has 0 bridgehead atoms. The van der Waals surface area contributed by atoms with Gasteiger partial charge in [-0.15, -0.1) is 0 Å². The smallest absolute Gasteiger partial charge is 0.188 e. The van der Waals surface area contributed by atoms with Crippen molar-refractivity contribution in [1.82, 2.24) is 9.97 Å². The molecule has 1 aromatic heterocycles. The van der Waals surface area contributed by atoms with Gasteiger partial charge in [-0.1, -0.05) is 20.8 Å². The number of halogens is 1. The van der Waals surface area contributed by atoms with Crippen molar-refractivity contribution in [2.24, 2.45) is 11.3 Å². The maximum absolute atomic E-state index is 13.3. The van der Waals surface area contributed by atoms with Gasteiger partial charge in [0.2, 0.25) is 0 Å². The Hall–Kier alpha value is -2.54. The van der Waals surface area contributed by atoms with Crippen molar-refractivity contribution in [3.63, 3.8) is 0 Å². The van der Waals surface area contributed by atoms with Crippen LogP contribution in [0.4, 0.5) is 10.2 Å². The lowest BCUT2D eigenvalue weighted by molar-refractivity contribution is 0.0329. The van der Waals surface area contributed by atoms with Crippen LogP contribution in [-0.2, 0) is 4.74 Å². The fourth-order valence-electron chi connectivity index (χ4n) is 4.03. The van der Waals surface area contributed by atoms with E-state index in [0.717, 1.165) is 30.9 Å². The van der Waals surface area contributed by atoms with Crippen LogP contribution >= 0.6 is 0 Å². The van der Waals surface area contributed by atoms with E-state index < -0.39 is 5.82 Å². The number of carbonyl (C=O) groups is 1. The third kappa shape index (κ3) is 5.29. The average Bonchev–Trinajstić information content (AvgIpc) is 2.68. The van der Waals surface area contributed by atoms with E-state index in [4.69, 9.17) is 4.74 Å². The lowest BCUT2D eigenvalue weighted by Crippen LogP contribution is -2.62. The van der Waals surface area contributed by atoms with Crippen molar-refractivity contribution in [3.05, 3.63) is 42.1 Å². The van der Waals surface area contributed by atoms with E-state index in [1.165, 1.54) is 31.3 Å². The quantitative estimate of drug-likeness (QED) is 0.687. The fraction of sp³-hybridized carbons (Fsp3) is 0.500. The van der Waals surface area contributed by atoms with E-state index in [0.29, 0.717) is 23.2 Å². The van der Waals surface area contributed by atoms with E-state index >= 15 is 0 Å². The molecule has 2 heterocycles. The fourth-order valence-corrected chi connectivity index (χ4v) is 4.03. The zero-order valence-corrected chi connectivity index (χ0v) is 17.8. The summed E-state index contributed by atoms with van der Waals surface area (Å²) in [5.74, 6) is 1.83. The summed E-state index contributed by atoms with van der Waals surface area (Å²) in [4.78, 5) is 21.7. The van der Waals surface area contributed by atoms with E-state index in [1.807, 2.05) is 13.8 Å². The molecule has 1 saturated carbocycles. The van der Waals surface area contributed by atoms with Crippen molar-refractivity contribution < 1.29 is 18.7 Å². The molecule has 7 heteroatoms. The minimum absolute atomic E-state index is 0.165. The van der Waals surface area contributed by atoms with Crippen LogP contribution in [0.3, 0.4) is 0 Å². The Kier molecular flexibility index (Phi) is 8.08. The summed E-state index contributed by atoms with van der Waals surface area (Å²) >= 11 is 0. The molecular formula is C22H30FN3O3. The van der Waals surface area contributed by atoms with Gasteiger partial charge in [-0.3, -0.25) is 4.79 Å². The molecule has 0 radical (unpaired) electrons. The Morgan fingerprint density at radius 3 is 2.45 bits per heavy atom. The third-order valence-corrected chi connectivity index (χ3v) is 4.89. The second-order valence-corrected chi connectivity index (χ2v) is 7.39. The van der Waals surface area contributed by atoms with Gasteiger partial charge in [0.1, 0.15) is 17.9 Å². The first-order valence-electron chi connectivity index (χ1n) is 9.88. The average molecular weight is 403 g/mol. The summed E-state index contributed by atoms with van der Waals surface area (Å²) in [6.07, 6.45) is 6.17. The molecule has 158 valence electrons.